The molecule has 25 heavy (non-hydrogen) atoms. The van der Waals surface area contributed by atoms with Gasteiger partial charge in [0, 0.05) is 30.2 Å². The predicted molar refractivity (Wildman–Crippen MR) is 96.0 cm³/mol. The summed E-state index contributed by atoms with van der Waals surface area (Å²) in [5.41, 5.74) is 2.99. The molecule has 3 aromatic rings. The van der Waals surface area contributed by atoms with E-state index >= 15 is 0 Å². The van der Waals surface area contributed by atoms with Gasteiger partial charge >= 0.3 is 0 Å². The lowest BCUT2D eigenvalue weighted by Gasteiger charge is -2.28. The number of ether oxygens (including phenoxy) is 1. The Balaban J connectivity index is 1.71. The van der Waals surface area contributed by atoms with E-state index in [1.54, 1.807) is 30.2 Å². The lowest BCUT2D eigenvalue weighted by Crippen LogP contribution is -2.38. The fourth-order valence-corrected chi connectivity index (χ4v) is 3.32. The number of carbonyl (C=O) groups is 1. The fourth-order valence-electron chi connectivity index (χ4n) is 3.32. The Hall–Kier alpha value is -3.08. The molecule has 0 saturated heterocycles. The number of aromatic amines is 1. The maximum atomic E-state index is 12.9. The molecule has 5 heteroatoms. The van der Waals surface area contributed by atoms with Gasteiger partial charge in [-0.1, -0.05) is 24.3 Å². The maximum Gasteiger partial charge on any atom is 0.259 e. The number of fused-ring (bicyclic) bond motifs is 2. The Morgan fingerprint density at radius 2 is 1.96 bits per heavy atom. The minimum atomic E-state index is -0.267. The molecule has 1 N–H and O–H groups in total. The predicted octanol–water partition coefficient (Wildman–Crippen LogP) is 2.74. The Labute approximate surface area is 144 Å². The molecule has 0 radical (unpaired) electrons. The number of H-pyrrole nitrogens is 1. The minimum absolute atomic E-state index is 0.167. The van der Waals surface area contributed by atoms with Gasteiger partial charge in [0.1, 0.15) is 11.3 Å². The summed E-state index contributed by atoms with van der Waals surface area (Å²) in [6.45, 7) is 1.15. The Bertz CT molecular complexity index is 1020. The molecule has 0 saturated carbocycles. The van der Waals surface area contributed by atoms with E-state index in [0.29, 0.717) is 29.7 Å². The summed E-state index contributed by atoms with van der Waals surface area (Å²) >= 11 is 0. The topological polar surface area (TPSA) is 62.4 Å². The second-order valence-corrected chi connectivity index (χ2v) is 6.19. The Kier molecular flexibility index (Phi) is 3.76. The van der Waals surface area contributed by atoms with Gasteiger partial charge in [-0.2, -0.15) is 0 Å². The average Bonchev–Trinajstić information content (AvgIpc) is 2.67. The van der Waals surface area contributed by atoms with Gasteiger partial charge < -0.3 is 14.6 Å². The number of aromatic nitrogens is 1. The van der Waals surface area contributed by atoms with E-state index in [1.807, 2.05) is 18.2 Å². The van der Waals surface area contributed by atoms with Crippen molar-refractivity contribution in [3.05, 3.63) is 75.6 Å². The molecule has 5 nitrogen and oxygen atoms in total. The van der Waals surface area contributed by atoms with Gasteiger partial charge in [-0.15, -0.1) is 0 Å². The van der Waals surface area contributed by atoms with Crippen molar-refractivity contribution >= 4 is 16.8 Å². The number of benzene rings is 2. The van der Waals surface area contributed by atoms with E-state index < -0.39 is 0 Å². The summed E-state index contributed by atoms with van der Waals surface area (Å²) in [4.78, 5) is 30.5. The summed E-state index contributed by atoms with van der Waals surface area (Å²) in [6, 6.07) is 13.3. The van der Waals surface area contributed by atoms with Crippen molar-refractivity contribution in [2.24, 2.45) is 0 Å². The van der Waals surface area contributed by atoms with Crippen LogP contribution in [0.4, 0.5) is 0 Å². The van der Waals surface area contributed by atoms with Gasteiger partial charge in [-0.25, -0.2) is 0 Å². The molecule has 0 aliphatic carbocycles. The van der Waals surface area contributed by atoms with E-state index in [9.17, 15) is 9.59 Å². The third-order valence-electron chi connectivity index (χ3n) is 4.74. The van der Waals surface area contributed by atoms with E-state index in [1.165, 1.54) is 11.8 Å². The van der Waals surface area contributed by atoms with Crippen LogP contribution in [0.25, 0.3) is 10.9 Å². The van der Waals surface area contributed by atoms with E-state index in [-0.39, 0.29) is 16.9 Å². The molecule has 0 bridgehead atoms. The first-order valence-electron chi connectivity index (χ1n) is 8.23. The number of hydrogen-bond acceptors (Lipinski definition) is 3. The van der Waals surface area contributed by atoms with Gasteiger partial charge in [0.15, 0.2) is 0 Å². The normalized spacial score (nSPS) is 13.6. The molecule has 1 amide bonds. The number of pyridine rings is 1. The summed E-state index contributed by atoms with van der Waals surface area (Å²) in [5, 5.41) is 0.461. The zero-order valence-corrected chi connectivity index (χ0v) is 13.9. The minimum Gasteiger partial charge on any atom is -0.497 e. The molecular formula is C20H18N2O3. The van der Waals surface area contributed by atoms with Crippen molar-refractivity contribution < 1.29 is 9.53 Å². The van der Waals surface area contributed by atoms with Crippen molar-refractivity contribution in [2.45, 2.75) is 13.0 Å². The molecule has 0 spiro atoms. The highest BCUT2D eigenvalue weighted by Gasteiger charge is 2.24. The molecule has 1 aliphatic heterocycles. The van der Waals surface area contributed by atoms with Crippen molar-refractivity contribution in [2.75, 3.05) is 13.7 Å². The molecule has 126 valence electrons. The molecule has 0 fully saturated rings. The second kappa shape index (κ2) is 6.09. The number of amides is 1. The Morgan fingerprint density at radius 1 is 1.16 bits per heavy atom. The highest BCUT2D eigenvalue weighted by atomic mass is 16.5. The lowest BCUT2D eigenvalue weighted by molar-refractivity contribution is 0.0733. The van der Waals surface area contributed by atoms with Gasteiger partial charge in [0.25, 0.3) is 5.91 Å². The largest absolute Gasteiger partial charge is 0.497 e. The van der Waals surface area contributed by atoms with Gasteiger partial charge in [-0.05, 0) is 35.7 Å². The molecule has 2 aromatic carbocycles. The van der Waals surface area contributed by atoms with E-state index in [4.69, 9.17) is 4.74 Å². The Morgan fingerprint density at radius 3 is 2.76 bits per heavy atom. The lowest BCUT2D eigenvalue weighted by atomic mass is 9.99. The van der Waals surface area contributed by atoms with E-state index in [2.05, 4.69) is 11.1 Å². The molecule has 1 aromatic heterocycles. The second-order valence-electron chi connectivity index (χ2n) is 6.19. The first-order chi connectivity index (χ1) is 12.2. The average molecular weight is 334 g/mol. The number of nitrogens with zero attached hydrogens (tertiary/aromatic N) is 1. The number of nitrogens with one attached hydrogen (secondary N) is 1. The third kappa shape index (κ3) is 2.67. The summed E-state index contributed by atoms with van der Waals surface area (Å²) in [6.07, 6.45) is 2.32. The zero-order valence-electron chi connectivity index (χ0n) is 13.9. The highest BCUT2D eigenvalue weighted by Crippen LogP contribution is 2.21. The summed E-state index contributed by atoms with van der Waals surface area (Å²) in [5.74, 6) is 0.356. The molecule has 0 atom stereocenters. The van der Waals surface area contributed by atoms with Crippen molar-refractivity contribution in [3.8, 4) is 5.75 Å². The number of hydrogen-bond donors (Lipinski definition) is 1. The van der Waals surface area contributed by atoms with Gasteiger partial charge in [0.05, 0.1) is 7.11 Å². The van der Waals surface area contributed by atoms with Crippen LogP contribution < -0.4 is 10.2 Å². The standard InChI is InChI=1S/C20H18N2O3/c1-25-15-6-7-18-16(10-15)19(23)17(11-21-18)20(24)22-9-8-13-4-2-3-5-14(13)12-22/h2-7,10-11H,8-9,12H2,1H3,(H,21,23). The van der Waals surface area contributed by atoms with Crippen molar-refractivity contribution in [1.82, 2.24) is 9.88 Å². The first kappa shape index (κ1) is 15.4. The first-order valence-corrected chi connectivity index (χ1v) is 8.23. The van der Waals surface area contributed by atoms with Gasteiger partial charge in [0.2, 0.25) is 5.43 Å². The fraction of sp³-hybridized carbons (Fsp3) is 0.200. The monoisotopic (exact) mass is 334 g/mol. The third-order valence-corrected chi connectivity index (χ3v) is 4.74. The number of rotatable bonds is 2. The van der Waals surface area contributed by atoms with Crippen LogP contribution in [-0.2, 0) is 13.0 Å². The van der Waals surface area contributed by atoms with Crippen molar-refractivity contribution in [3.63, 3.8) is 0 Å². The molecular weight excluding hydrogens is 316 g/mol. The summed E-state index contributed by atoms with van der Waals surface area (Å²) in [7, 11) is 1.55. The maximum absolute atomic E-state index is 12.9. The van der Waals surface area contributed by atoms with Crippen molar-refractivity contribution in [1.29, 1.82) is 0 Å². The number of methoxy groups -OCH3 is 1. The van der Waals surface area contributed by atoms with Crippen LogP contribution in [0.2, 0.25) is 0 Å². The SMILES string of the molecule is COc1ccc2[nH]cc(C(=O)N3CCc4ccccc4C3)c(=O)c2c1. The number of carbonyl (C=O) groups excluding carboxylic acids is 1. The zero-order chi connectivity index (χ0) is 17.4. The molecule has 1 aliphatic rings. The molecule has 0 unspecified atom stereocenters. The van der Waals surface area contributed by atoms with Crippen LogP contribution in [0.3, 0.4) is 0 Å². The van der Waals surface area contributed by atoms with Crippen LogP contribution in [0.5, 0.6) is 5.75 Å². The van der Waals surface area contributed by atoms with Crippen LogP contribution in [0.1, 0.15) is 21.5 Å². The van der Waals surface area contributed by atoms with Gasteiger partial charge in [-0.3, -0.25) is 9.59 Å². The van der Waals surface area contributed by atoms with Crippen LogP contribution in [-0.4, -0.2) is 29.4 Å². The van der Waals surface area contributed by atoms with Crippen LogP contribution in [0.15, 0.2) is 53.5 Å². The smallest absolute Gasteiger partial charge is 0.259 e. The quantitative estimate of drug-likeness (QED) is 0.784. The van der Waals surface area contributed by atoms with Crippen LogP contribution in [0, 0.1) is 0 Å². The molecule has 4 rings (SSSR count). The highest BCUT2D eigenvalue weighted by molar-refractivity contribution is 5.97. The van der Waals surface area contributed by atoms with Crippen LogP contribution >= 0.6 is 0 Å². The van der Waals surface area contributed by atoms with E-state index in [0.717, 1.165) is 12.0 Å². The molecule has 2 heterocycles. The summed E-state index contributed by atoms with van der Waals surface area (Å²) < 4.78 is 5.18.